The van der Waals surface area contributed by atoms with E-state index in [0.717, 1.165) is 5.92 Å². The van der Waals surface area contributed by atoms with E-state index in [2.05, 4.69) is 36.5 Å². The summed E-state index contributed by atoms with van der Waals surface area (Å²) in [5, 5.41) is 3.49. The highest BCUT2D eigenvalue weighted by atomic mass is 14.9. The van der Waals surface area contributed by atoms with Crippen LogP contribution >= 0.6 is 0 Å². The van der Waals surface area contributed by atoms with E-state index in [9.17, 15) is 0 Å². The van der Waals surface area contributed by atoms with Crippen molar-refractivity contribution in [3.63, 3.8) is 0 Å². The average Bonchev–Trinajstić information content (AvgIpc) is 2.29. The summed E-state index contributed by atoms with van der Waals surface area (Å²) in [5.74, 6) is 0.901. The van der Waals surface area contributed by atoms with Gasteiger partial charge in [0.05, 0.1) is 0 Å². The molecule has 0 aromatic heterocycles. The molecule has 0 amide bonds. The summed E-state index contributed by atoms with van der Waals surface area (Å²) < 4.78 is 0. The SMILES string of the molecule is Cc1ccccc1CC[C@H]1CCCNC1. The average molecular weight is 203 g/mol. The van der Waals surface area contributed by atoms with Crippen molar-refractivity contribution >= 4 is 0 Å². The lowest BCUT2D eigenvalue weighted by Crippen LogP contribution is -2.29. The molecule has 0 radical (unpaired) electrons. The monoisotopic (exact) mass is 203 g/mol. The van der Waals surface area contributed by atoms with E-state index in [1.807, 2.05) is 0 Å². The van der Waals surface area contributed by atoms with Gasteiger partial charge in [0.2, 0.25) is 0 Å². The first-order valence-electron chi connectivity index (χ1n) is 6.11. The van der Waals surface area contributed by atoms with Gasteiger partial charge < -0.3 is 5.32 Å². The summed E-state index contributed by atoms with van der Waals surface area (Å²) in [5.41, 5.74) is 2.98. The van der Waals surface area contributed by atoms with Crippen LogP contribution in [0.3, 0.4) is 0 Å². The van der Waals surface area contributed by atoms with Gasteiger partial charge in [0.15, 0.2) is 0 Å². The van der Waals surface area contributed by atoms with Crippen molar-refractivity contribution in [1.82, 2.24) is 5.32 Å². The van der Waals surface area contributed by atoms with Gasteiger partial charge in [-0.3, -0.25) is 0 Å². The van der Waals surface area contributed by atoms with E-state index in [0.29, 0.717) is 0 Å². The normalized spacial score (nSPS) is 21.5. The molecule has 1 aliphatic heterocycles. The fraction of sp³-hybridized carbons (Fsp3) is 0.571. The first-order chi connectivity index (χ1) is 7.36. The van der Waals surface area contributed by atoms with Crippen LogP contribution in [0.5, 0.6) is 0 Å². The van der Waals surface area contributed by atoms with Gasteiger partial charge in [-0.2, -0.15) is 0 Å². The topological polar surface area (TPSA) is 12.0 Å². The standard InChI is InChI=1S/C14H21N/c1-12-5-2-3-7-14(12)9-8-13-6-4-10-15-11-13/h2-3,5,7,13,15H,4,6,8-11H2,1H3/t13-/m1/s1. The molecule has 0 saturated carbocycles. The van der Waals surface area contributed by atoms with Gasteiger partial charge >= 0.3 is 0 Å². The zero-order chi connectivity index (χ0) is 10.5. The Labute approximate surface area is 92.9 Å². The van der Waals surface area contributed by atoms with Crippen LogP contribution in [0.1, 0.15) is 30.4 Å². The third-order valence-corrected chi connectivity index (χ3v) is 3.48. The number of benzene rings is 1. The Bertz CT molecular complexity index is 300. The summed E-state index contributed by atoms with van der Waals surface area (Å²) in [6, 6.07) is 8.77. The molecule has 1 aromatic rings. The van der Waals surface area contributed by atoms with Crippen molar-refractivity contribution in [2.75, 3.05) is 13.1 Å². The molecule has 82 valence electrons. The zero-order valence-corrected chi connectivity index (χ0v) is 9.63. The quantitative estimate of drug-likeness (QED) is 0.796. The number of hydrogen-bond acceptors (Lipinski definition) is 1. The first kappa shape index (κ1) is 10.7. The van der Waals surface area contributed by atoms with E-state index >= 15 is 0 Å². The molecule has 0 bridgehead atoms. The van der Waals surface area contributed by atoms with E-state index < -0.39 is 0 Å². The Balaban J connectivity index is 1.84. The van der Waals surface area contributed by atoms with Gasteiger partial charge in [-0.15, -0.1) is 0 Å². The molecule has 1 aromatic carbocycles. The van der Waals surface area contributed by atoms with Crippen molar-refractivity contribution in [1.29, 1.82) is 0 Å². The molecule has 1 fully saturated rings. The smallest absolute Gasteiger partial charge is 0.00204 e. The molecule has 2 rings (SSSR count). The van der Waals surface area contributed by atoms with E-state index in [1.54, 1.807) is 0 Å². The van der Waals surface area contributed by atoms with Crippen molar-refractivity contribution in [2.45, 2.75) is 32.6 Å². The lowest BCUT2D eigenvalue weighted by atomic mass is 9.92. The number of piperidine rings is 1. The van der Waals surface area contributed by atoms with E-state index in [-0.39, 0.29) is 0 Å². The van der Waals surface area contributed by atoms with Crippen LogP contribution in [0.25, 0.3) is 0 Å². The maximum atomic E-state index is 3.49. The number of hydrogen-bond donors (Lipinski definition) is 1. The number of rotatable bonds is 3. The molecule has 1 atom stereocenters. The van der Waals surface area contributed by atoms with Crippen LogP contribution in [0.2, 0.25) is 0 Å². The van der Waals surface area contributed by atoms with Crippen molar-refractivity contribution in [2.24, 2.45) is 5.92 Å². The Morgan fingerprint density at radius 2 is 2.20 bits per heavy atom. The molecule has 0 aliphatic carbocycles. The lowest BCUT2D eigenvalue weighted by molar-refractivity contribution is 0.358. The van der Waals surface area contributed by atoms with Gasteiger partial charge in [-0.05, 0) is 62.7 Å². The van der Waals surface area contributed by atoms with E-state index in [1.165, 1.54) is 49.9 Å². The summed E-state index contributed by atoms with van der Waals surface area (Å²) in [4.78, 5) is 0. The maximum absolute atomic E-state index is 3.49. The predicted octanol–water partition coefficient (Wildman–Crippen LogP) is 2.93. The van der Waals surface area contributed by atoms with Crippen molar-refractivity contribution < 1.29 is 0 Å². The minimum atomic E-state index is 0.901. The summed E-state index contributed by atoms with van der Waals surface area (Å²) in [7, 11) is 0. The number of nitrogens with one attached hydrogen (secondary N) is 1. The summed E-state index contributed by atoms with van der Waals surface area (Å²) >= 11 is 0. The highest BCUT2D eigenvalue weighted by Gasteiger charge is 2.12. The van der Waals surface area contributed by atoms with Crippen LogP contribution in [-0.4, -0.2) is 13.1 Å². The van der Waals surface area contributed by atoms with Crippen LogP contribution in [0, 0.1) is 12.8 Å². The van der Waals surface area contributed by atoms with E-state index in [4.69, 9.17) is 0 Å². The highest BCUT2D eigenvalue weighted by molar-refractivity contribution is 5.25. The summed E-state index contributed by atoms with van der Waals surface area (Å²) in [6.45, 7) is 4.67. The second-order valence-electron chi connectivity index (χ2n) is 4.68. The third-order valence-electron chi connectivity index (χ3n) is 3.48. The van der Waals surface area contributed by atoms with Crippen molar-refractivity contribution in [3.8, 4) is 0 Å². The fourth-order valence-electron chi connectivity index (χ4n) is 2.42. The highest BCUT2D eigenvalue weighted by Crippen LogP contribution is 2.18. The van der Waals surface area contributed by atoms with Crippen LogP contribution in [0.4, 0.5) is 0 Å². The Morgan fingerprint density at radius 3 is 2.93 bits per heavy atom. The fourth-order valence-corrected chi connectivity index (χ4v) is 2.42. The van der Waals surface area contributed by atoms with Crippen LogP contribution < -0.4 is 5.32 Å². The Kier molecular flexibility index (Phi) is 3.79. The Morgan fingerprint density at radius 1 is 1.33 bits per heavy atom. The van der Waals surface area contributed by atoms with Crippen molar-refractivity contribution in [3.05, 3.63) is 35.4 Å². The van der Waals surface area contributed by atoms with Gasteiger partial charge in [-0.25, -0.2) is 0 Å². The molecular formula is C14H21N. The van der Waals surface area contributed by atoms with Crippen LogP contribution in [-0.2, 0) is 6.42 Å². The first-order valence-corrected chi connectivity index (χ1v) is 6.11. The molecule has 1 heterocycles. The zero-order valence-electron chi connectivity index (χ0n) is 9.63. The van der Waals surface area contributed by atoms with Gasteiger partial charge in [0, 0.05) is 0 Å². The molecule has 1 saturated heterocycles. The molecule has 1 aliphatic rings. The van der Waals surface area contributed by atoms with Gasteiger partial charge in [-0.1, -0.05) is 24.3 Å². The second kappa shape index (κ2) is 5.32. The molecule has 1 nitrogen and oxygen atoms in total. The second-order valence-corrected chi connectivity index (χ2v) is 4.68. The largest absolute Gasteiger partial charge is 0.316 e. The Hall–Kier alpha value is -0.820. The lowest BCUT2D eigenvalue weighted by Gasteiger charge is -2.22. The maximum Gasteiger partial charge on any atom is -0.00204 e. The number of aryl methyl sites for hydroxylation is 2. The molecule has 0 spiro atoms. The summed E-state index contributed by atoms with van der Waals surface area (Å²) in [6.07, 6.45) is 5.37. The van der Waals surface area contributed by atoms with Gasteiger partial charge in [0.25, 0.3) is 0 Å². The third kappa shape index (κ3) is 3.07. The molecule has 15 heavy (non-hydrogen) atoms. The van der Waals surface area contributed by atoms with Crippen LogP contribution in [0.15, 0.2) is 24.3 Å². The van der Waals surface area contributed by atoms with Gasteiger partial charge in [0.1, 0.15) is 0 Å². The molecule has 1 N–H and O–H groups in total. The molecular weight excluding hydrogens is 182 g/mol. The minimum absolute atomic E-state index is 0.901. The molecule has 1 heteroatoms. The molecule has 0 unspecified atom stereocenters. The predicted molar refractivity (Wildman–Crippen MR) is 65.1 cm³/mol. The minimum Gasteiger partial charge on any atom is -0.316 e.